The molecule has 0 saturated carbocycles. The number of aliphatic hydroxyl groups excluding tert-OH is 1. The summed E-state index contributed by atoms with van der Waals surface area (Å²) in [6.07, 6.45) is 92.2. The predicted octanol–water partition coefficient (Wildman–Crippen LogP) is 23.8. The molecular formula is C87H142O17P2. The number of ether oxygens (including phenoxy) is 4. The Balaban J connectivity index is 5.46. The topological polar surface area (TPSA) is 237 Å². The number of hydrogen-bond acceptors (Lipinski definition) is 15. The maximum Gasteiger partial charge on any atom is 0.472 e. The van der Waals surface area contributed by atoms with Gasteiger partial charge in [0.1, 0.15) is 19.3 Å². The van der Waals surface area contributed by atoms with Crippen LogP contribution in [0.3, 0.4) is 0 Å². The third kappa shape index (κ3) is 76.6. The largest absolute Gasteiger partial charge is 0.472 e. The molecule has 106 heavy (non-hydrogen) atoms. The van der Waals surface area contributed by atoms with E-state index in [9.17, 15) is 43.2 Å². The van der Waals surface area contributed by atoms with Gasteiger partial charge in [0.15, 0.2) is 12.2 Å². The average Bonchev–Trinajstić information content (AvgIpc) is 0.902. The lowest BCUT2D eigenvalue weighted by Gasteiger charge is -2.21. The quantitative estimate of drug-likeness (QED) is 0.0169. The minimum Gasteiger partial charge on any atom is -0.462 e. The van der Waals surface area contributed by atoms with E-state index in [0.717, 1.165) is 199 Å². The molecule has 0 aliphatic carbocycles. The molecule has 0 rings (SSSR count). The molecule has 0 aromatic carbocycles. The van der Waals surface area contributed by atoms with E-state index in [0.29, 0.717) is 25.7 Å². The molecule has 0 heterocycles. The lowest BCUT2D eigenvalue weighted by atomic mass is 10.1. The van der Waals surface area contributed by atoms with Gasteiger partial charge in [-0.15, -0.1) is 0 Å². The van der Waals surface area contributed by atoms with Crippen molar-refractivity contribution in [2.75, 3.05) is 39.6 Å². The summed E-state index contributed by atoms with van der Waals surface area (Å²) in [6.45, 7) is 4.34. The molecule has 0 aromatic heterocycles. The third-order valence-electron chi connectivity index (χ3n) is 16.2. The Bertz CT molecular complexity index is 2680. The van der Waals surface area contributed by atoms with E-state index in [2.05, 4.69) is 174 Å². The average molecular weight is 1520 g/mol. The van der Waals surface area contributed by atoms with Crippen LogP contribution in [-0.4, -0.2) is 96.7 Å². The lowest BCUT2D eigenvalue weighted by Crippen LogP contribution is -2.30. The smallest absolute Gasteiger partial charge is 0.462 e. The van der Waals surface area contributed by atoms with Crippen molar-refractivity contribution in [2.24, 2.45) is 0 Å². The van der Waals surface area contributed by atoms with Gasteiger partial charge in [0.05, 0.1) is 32.8 Å². The summed E-state index contributed by atoms with van der Waals surface area (Å²) in [5.41, 5.74) is 0. The molecule has 0 aliphatic heterocycles. The Kier molecular flexibility index (Phi) is 73.5. The minimum absolute atomic E-state index is 0.0643. The zero-order valence-electron chi connectivity index (χ0n) is 65.8. The third-order valence-corrected chi connectivity index (χ3v) is 18.1. The lowest BCUT2D eigenvalue weighted by molar-refractivity contribution is -0.161. The number of rotatable bonds is 74. The summed E-state index contributed by atoms with van der Waals surface area (Å²) in [6, 6.07) is 0. The Morgan fingerprint density at radius 3 is 0.840 bits per heavy atom. The van der Waals surface area contributed by atoms with Crippen LogP contribution in [0.1, 0.15) is 297 Å². The van der Waals surface area contributed by atoms with Gasteiger partial charge in [-0.25, -0.2) is 9.13 Å². The van der Waals surface area contributed by atoms with Crippen LogP contribution in [0.4, 0.5) is 0 Å². The van der Waals surface area contributed by atoms with Gasteiger partial charge in [-0.3, -0.25) is 37.3 Å². The first kappa shape index (κ1) is 100. The van der Waals surface area contributed by atoms with Crippen molar-refractivity contribution in [3.63, 3.8) is 0 Å². The summed E-state index contributed by atoms with van der Waals surface area (Å²) in [7, 11) is -10.0. The second-order valence-corrected chi connectivity index (χ2v) is 29.1. The molecule has 0 aliphatic rings. The van der Waals surface area contributed by atoms with Crippen LogP contribution in [0, 0.1) is 0 Å². The van der Waals surface area contributed by atoms with Crippen molar-refractivity contribution < 1.29 is 80.2 Å². The van der Waals surface area contributed by atoms with E-state index >= 15 is 0 Å². The van der Waals surface area contributed by atoms with E-state index in [1.54, 1.807) is 12.2 Å². The summed E-state index contributed by atoms with van der Waals surface area (Å²) >= 11 is 0. The Morgan fingerprint density at radius 1 is 0.283 bits per heavy atom. The highest BCUT2D eigenvalue weighted by Crippen LogP contribution is 2.45. The van der Waals surface area contributed by atoms with Gasteiger partial charge in [0.25, 0.3) is 0 Å². The molecular weight excluding hydrogens is 1380 g/mol. The van der Waals surface area contributed by atoms with Crippen LogP contribution in [0.15, 0.2) is 170 Å². The van der Waals surface area contributed by atoms with Crippen molar-refractivity contribution in [3.8, 4) is 0 Å². The molecule has 5 atom stereocenters. The fourth-order valence-electron chi connectivity index (χ4n) is 10.2. The van der Waals surface area contributed by atoms with Crippen molar-refractivity contribution in [1.82, 2.24) is 0 Å². The normalized spacial score (nSPS) is 14.7. The van der Waals surface area contributed by atoms with Crippen LogP contribution in [0.5, 0.6) is 0 Å². The number of carbonyl (C=O) groups excluding carboxylic acids is 4. The second-order valence-electron chi connectivity index (χ2n) is 26.2. The van der Waals surface area contributed by atoms with Gasteiger partial charge in [-0.1, -0.05) is 288 Å². The molecule has 17 nitrogen and oxygen atoms in total. The Morgan fingerprint density at radius 2 is 0.528 bits per heavy atom. The summed E-state index contributed by atoms with van der Waals surface area (Å²) in [5, 5.41) is 10.6. The first-order valence-electron chi connectivity index (χ1n) is 40.4. The number of phosphoric ester groups is 2. The molecule has 5 unspecified atom stereocenters. The second kappa shape index (κ2) is 77.6. The molecule has 0 bridgehead atoms. The van der Waals surface area contributed by atoms with Gasteiger partial charge < -0.3 is 33.8 Å². The SMILES string of the molecule is CC/C=C\C/C=C\C/C=C\C/C=C\C/C=C\CC(=O)OC(COC(=O)CCCCCCCCC/C=C\C/C=C\C/C=C\CC)COP(=O)(O)OCC(O)COP(=O)(O)OCC(COC(=O)CCCCCCCC/C=C\C/C=C\C/C=C\CCCCC)OC(=O)CCCCCCC/C=C\C/C=C\C/C=C\CC. The maximum absolute atomic E-state index is 13.1. The molecule has 0 spiro atoms. The molecule has 0 fully saturated rings. The number of allylic oxidation sites excluding steroid dienone is 27. The fraction of sp³-hybridized carbons (Fsp3) is 0.632. The Hall–Kier alpha value is -5.58. The molecule has 0 radical (unpaired) electrons. The van der Waals surface area contributed by atoms with E-state index < -0.39 is 97.5 Å². The first-order chi connectivity index (χ1) is 51.7. The van der Waals surface area contributed by atoms with Crippen molar-refractivity contribution in [3.05, 3.63) is 170 Å². The highest BCUT2D eigenvalue weighted by molar-refractivity contribution is 7.47. The highest BCUT2D eigenvalue weighted by Gasteiger charge is 2.30. The van der Waals surface area contributed by atoms with Gasteiger partial charge >= 0.3 is 39.5 Å². The number of unbranched alkanes of at least 4 members (excludes halogenated alkanes) is 21. The first-order valence-corrected chi connectivity index (χ1v) is 43.4. The molecule has 602 valence electrons. The highest BCUT2D eigenvalue weighted by atomic mass is 31.2. The summed E-state index contributed by atoms with van der Waals surface area (Å²) in [4.78, 5) is 73.0. The van der Waals surface area contributed by atoms with E-state index in [1.165, 1.54) is 19.3 Å². The van der Waals surface area contributed by atoms with E-state index in [-0.39, 0.29) is 25.7 Å². The van der Waals surface area contributed by atoms with Crippen molar-refractivity contribution in [1.29, 1.82) is 0 Å². The van der Waals surface area contributed by atoms with E-state index in [4.69, 9.17) is 37.0 Å². The number of hydrogen-bond donors (Lipinski definition) is 3. The van der Waals surface area contributed by atoms with Crippen LogP contribution in [-0.2, 0) is 65.4 Å². The number of esters is 4. The van der Waals surface area contributed by atoms with Gasteiger partial charge in [-0.05, 0) is 154 Å². The predicted molar refractivity (Wildman–Crippen MR) is 436 cm³/mol. The van der Waals surface area contributed by atoms with Crippen molar-refractivity contribution >= 4 is 39.5 Å². The van der Waals surface area contributed by atoms with Crippen LogP contribution in [0.2, 0.25) is 0 Å². The van der Waals surface area contributed by atoms with Crippen LogP contribution in [0.25, 0.3) is 0 Å². The molecule has 0 aromatic rings. The molecule has 3 N–H and O–H groups in total. The zero-order chi connectivity index (χ0) is 77.4. The molecule has 19 heteroatoms. The number of aliphatic hydroxyl groups is 1. The minimum atomic E-state index is -5.01. The number of carbonyl (C=O) groups is 4. The van der Waals surface area contributed by atoms with Crippen molar-refractivity contribution in [2.45, 2.75) is 316 Å². The summed E-state index contributed by atoms with van der Waals surface area (Å²) < 4.78 is 68.5. The standard InChI is InChI=1S/C87H142O17P2/c1-5-9-13-17-21-25-29-33-37-39-40-42-46-48-52-56-60-64-68-72-85(90)98-78-83(104-87(92)74-70-66-62-58-54-50-44-36-32-28-24-20-16-12-8-4)80-102-106(95,96)100-76-81(88)75-99-105(93,94)101-79-82(103-86(91)73-69-65-61-57-53-49-43-35-31-27-23-19-15-11-7-3)77-97-84(89)71-67-63-59-55-51-47-45-41-38-34-30-26-22-18-14-10-6-2/h10-12,14-16,21-28,33-38,40,42-44,53,57,65,69,81-83,88H,5-9,13,17-20,29-32,39,41,45-52,54-56,58-64,66-68,70-80H2,1-4H3,(H,93,94)(H,95,96)/b14-10-,15-11-,16-12-,25-21-,26-22-,27-23-,28-24-,37-33-,38-34-,42-40-,43-35-,44-36-,57-53-,69-65-. The van der Waals surface area contributed by atoms with Gasteiger partial charge in [-0.2, -0.15) is 0 Å². The maximum atomic E-state index is 13.1. The molecule has 0 saturated heterocycles. The fourth-order valence-corrected chi connectivity index (χ4v) is 11.7. The van der Waals surface area contributed by atoms with Crippen LogP contribution >= 0.6 is 15.6 Å². The number of phosphoric acid groups is 2. The van der Waals surface area contributed by atoms with Gasteiger partial charge in [0.2, 0.25) is 0 Å². The Labute approximate surface area is 642 Å². The van der Waals surface area contributed by atoms with Gasteiger partial charge in [0, 0.05) is 19.3 Å². The van der Waals surface area contributed by atoms with E-state index in [1.807, 2.05) is 12.2 Å². The zero-order valence-corrected chi connectivity index (χ0v) is 67.6. The van der Waals surface area contributed by atoms with Crippen LogP contribution < -0.4 is 0 Å². The summed E-state index contributed by atoms with van der Waals surface area (Å²) in [5.74, 6) is -2.38. The molecule has 0 amide bonds. The monoisotopic (exact) mass is 1520 g/mol.